The Balaban J connectivity index is 1.66. The van der Waals surface area contributed by atoms with Gasteiger partial charge in [-0.1, -0.05) is 48.0 Å². The van der Waals surface area contributed by atoms with E-state index in [0.29, 0.717) is 13.1 Å². The molecule has 7 heteroatoms. The molecule has 0 radical (unpaired) electrons. The zero-order chi connectivity index (χ0) is 17.8. The minimum absolute atomic E-state index is 0.0152. The van der Waals surface area contributed by atoms with Crippen molar-refractivity contribution >= 4 is 23.2 Å². The van der Waals surface area contributed by atoms with Crippen molar-refractivity contribution < 1.29 is 9.72 Å². The number of benzene rings is 2. The summed E-state index contributed by atoms with van der Waals surface area (Å²) in [5.41, 5.74) is 0.961. The number of piperazine rings is 1. The van der Waals surface area contributed by atoms with E-state index in [0.717, 1.165) is 19.6 Å². The van der Waals surface area contributed by atoms with Crippen LogP contribution < -0.4 is 0 Å². The fourth-order valence-electron chi connectivity index (χ4n) is 2.99. The molecule has 1 aliphatic heterocycles. The number of nitro groups is 1. The van der Waals surface area contributed by atoms with Crippen LogP contribution in [0.15, 0.2) is 48.5 Å². The summed E-state index contributed by atoms with van der Waals surface area (Å²) >= 11 is 5.90. The Morgan fingerprint density at radius 1 is 1.04 bits per heavy atom. The number of carbonyl (C=O) groups is 1. The van der Waals surface area contributed by atoms with Gasteiger partial charge in [-0.15, -0.1) is 0 Å². The third kappa shape index (κ3) is 3.97. The molecule has 0 aromatic heterocycles. The van der Waals surface area contributed by atoms with Crippen LogP contribution in [-0.4, -0.2) is 46.8 Å². The van der Waals surface area contributed by atoms with Gasteiger partial charge in [-0.3, -0.25) is 19.8 Å². The van der Waals surface area contributed by atoms with Gasteiger partial charge in [0.25, 0.3) is 5.91 Å². The Hall–Kier alpha value is -2.44. The summed E-state index contributed by atoms with van der Waals surface area (Å²) in [6, 6.07) is 14.6. The van der Waals surface area contributed by atoms with Gasteiger partial charge >= 0.3 is 5.69 Å². The molecule has 1 amide bonds. The summed E-state index contributed by atoms with van der Waals surface area (Å²) in [7, 11) is 0. The summed E-state index contributed by atoms with van der Waals surface area (Å²) in [4.78, 5) is 27.2. The minimum Gasteiger partial charge on any atom is -0.336 e. The second kappa shape index (κ2) is 7.63. The molecular weight excluding hydrogens is 342 g/mol. The molecule has 0 atom stereocenters. The molecule has 1 aliphatic rings. The van der Waals surface area contributed by atoms with Gasteiger partial charge in [0.15, 0.2) is 0 Å². The maximum atomic E-state index is 12.7. The van der Waals surface area contributed by atoms with Gasteiger partial charge in [-0.05, 0) is 17.7 Å². The minimum atomic E-state index is -0.596. The zero-order valence-corrected chi connectivity index (χ0v) is 14.4. The molecule has 130 valence electrons. The number of nitrogens with zero attached hydrogens (tertiary/aromatic N) is 3. The van der Waals surface area contributed by atoms with E-state index < -0.39 is 4.92 Å². The Kier molecular flexibility index (Phi) is 5.31. The maximum absolute atomic E-state index is 12.7. The lowest BCUT2D eigenvalue weighted by Gasteiger charge is -2.34. The number of para-hydroxylation sites is 1. The third-order valence-electron chi connectivity index (χ3n) is 4.31. The van der Waals surface area contributed by atoms with Gasteiger partial charge in [0.05, 0.1) is 4.92 Å². The molecule has 2 aromatic carbocycles. The number of carbonyl (C=O) groups excluding carboxylic acids is 1. The smallest absolute Gasteiger partial charge is 0.300 e. The topological polar surface area (TPSA) is 66.7 Å². The molecule has 0 saturated carbocycles. The molecule has 0 unspecified atom stereocenters. The molecule has 1 heterocycles. The van der Waals surface area contributed by atoms with Crippen LogP contribution >= 0.6 is 11.6 Å². The van der Waals surface area contributed by atoms with E-state index in [1.165, 1.54) is 17.7 Å². The number of rotatable bonds is 4. The van der Waals surface area contributed by atoms with Crippen molar-refractivity contribution in [3.8, 4) is 0 Å². The van der Waals surface area contributed by atoms with Crippen LogP contribution in [0.3, 0.4) is 0 Å². The van der Waals surface area contributed by atoms with Crippen LogP contribution in [0.25, 0.3) is 0 Å². The van der Waals surface area contributed by atoms with Gasteiger partial charge in [0, 0.05) is 32.7 Å². The van der Waals surface area contributed by atoms with Crippen molar-refractivity contribution in [3.05, 3.63) is 74.8 Å². The van der Waals surface area contributed by atoms with Gasteiger partial charge in [0.2, 0.25) is 0 Å². The third-order valence-corrected chi connectivity index (χ3v) is 4.61. The summed E-state index contributed by atoms with van der Waals surface area (Å²) in [6.07, 6.45) is 0. The predicted molar refractivity (Wildman–Crippen MR) is 95.7 cm³/mol. The molecule has 0 spiro atoms. The molecular formula is C18H18ClN3O3. The van der Waals surface area contributed by atoms with E-state index in [1.54, 1.807) is 11.0 Å². The van der Waals surface area contributed by atoms with E-state index in [9.17, 15) is 14.9 Å². The van der Waals surface area contributed by atoms with Crippen LogP contribution in [0.4, 0.5) is 5.69 Å². The van der Waals surface area contributed by atoms with Crippen molar-refractivity contribution in [2.24, 2.45) is 0 Å². The molecule has 1 saturated heterocycles. The number of hydrogen-bond acceptors (Lipinski definition) is 4. The first kappa shape index (κ1) is 17.4. The van der Waals surface area contributed by atoms with E-state index in [-0.39, 0.29) is 22.2 Å². The lowest BCUT2D eigenvalue weighted by Crippen LogP contribution is -2.48. The highest BCUT2D eigenvalue weighted by Crippen LogP contribution is 2.29. The van der Waals surface area contributed by atoms with E-state index in [2.05, 4.69) is 17.0 Å². The van der Waals surface area contributed by atoms with Crippen LogP contribution in [-0.2, 0) is 6.54 Å². The summed E-state index contributed by atoms with van der Waals surface area (Å²) in [5, 5.41) is 11.2. The molecule has 3 rings (SSSR count). The summed E-state index contributed by atoms with van der Waals surface area (Å²) < 4.78 is 0. The monoisotopic (exact) mass is 359 g/mol. The molecule has 0 N–H and O–H groups in total. The van der Waals surface area contributed by atoms with E-state index in [1.807, 2.05) is 18.2 Å². The second-order valence-corrected chi connectivity index (χ2v) is 6.35. The average Bonchev–Trinajstić information content (AvgIpc) is 2.62. The Morgan fingerprint density at radius 3 is 2.36 bits per heavy atom. The molecule has 6 nitrogen and oxygen atoms in total. The fourth-order valence-corrected chi connectivity index (χ4v) is 3.24. The van der Waals surface area contributed by atoms with Gasteiger partial charge in [-0.2, -0.15) is 0 Å². The first-order chi connectivity index (χ1) is 12.1. The SMILES string of the molecule is O=C(c1cccc(Cl)c1[N+](=O)[O-])N1CCN(Cc2ccccc2)CC1. The average molecular weight is 360 g/mol. The second-order valence-electron chi connectivity index (χ2n) is 5.95. The molecule has 0 aliphatic carbocycles. The zero-order valence-electron chi connectivity index (χ0n) is 13.6. The van der Waals surface area contributed by atoms with Crippen molar-refractivity contribution in [1.29, 1.82) is 0 Å². The largest absolute Gasteiger partial charge is 0.336 e. The number of amides is 1. The summed E-state index contributed by atoms with van der Waals surface area (Å²) in [6.45, 7) is 3.37. The van der Waals surface area contributed by atoms with Gasteiger partial charge in [-0.25, -0.2) is 0 Å². The highest BCUT2D eigenvalue weighted by Gasteiger charge is 2.29. The quantitative estimate of drug-likeness (QED) is 0.621. The van der Waals surface area contributed by atoms with Gasteiger partial charge in [0.1, 0.15) is 10.6 Å². The van der Waals surface area contributed by atoms with Crippen LogP contribution in [0.5, 0.6) is 0 Å². The van der Waals surface area contributed by atoms with Crippen molar-refractivity contribution in [2.75, 3.05) is 26.2 Å². The molecule has 1 fully saturated rings. The highest BCUT2D eigenvalue weighted by atomic mass is 35.5. The van der Waals surface area contributed by atoms with Crippen molar-refractivity contribution in [1.82, 2.24) is 9.80 Å². The van der Waals surface area contributed by atoms with Crippen LogP contribution in [0.2, 0.25) is 5.02 Å². The van der Waals surface area contributed by atoms with E-state index >= 15 is 0 Å². The number of nitro benzene ring substituents is 1. The van der Waals surface area contributed by atoms with Crippen molar-refractivity contribution in [2.45, 2.75) is 6.54 Å². The first-order valence-corrected chi connectivity index (χ1v) is 8.42. The van der Waals surface area contributed by atoms with Gasteiger partial charge < -0.3 is 4.90 Å². The number of halogens is 1. The molecule has 2 aromatic rings. The predicted octanol–water partition coefficient (Wildman–Crippen LogP) is 3.21. The van der Waals surface area contributed by atoms with Crippen LogP contribution in [0, 0.1) is 10.1 Å². The standard InChI is InChI=1S/C18H18ClN3O3/c19-16-8-4-7-15(17(16)22(24)25)18(23)21-11-9-20(10-12-21)13-14-5-2-1-3-6-14/h1-8H,9-13H2. The Bertz CT molecular complexity index is 774. The maximum Gasteiger partial charge on any atom is 0.300 e. The summed E-state index contributed by atoms with van der Waals surface area (Å²) in [5.74, 6) is -0.339. The fraction of sp³-hybridized carbons (Fsp3) is 0.278. The van der Waals surface area contributed by atoms with E-state index in [4.69, 9.17) is 11.6 Å². The molecule has 0 bridgehead atoms. The lowest BCUT2D eigenvalue weighted by atomic mass is 10.1. The normalized spacial score (nSPS) is 15.2. The van der Waals surface area contributed by atoms with Crippen LogP contribution in [0.1, 0.15) is 15.9 Å². The molecule has 25 heavy (non-hydrogen) atoms. The Labute approximate surface area is 150 Å². The highest BCUT2D eigenvalue weighted by molar-refractivity contribution is 6.33. The van der Waals surface area contributed by atoms with Crippen molar-refractivity contribution in [3.63, 3.8) is 0 Å². The Morgan fingerprint density at radius 2 is 1.72 bits per heavy atom. The lowest BCUT2D eigenvalue weighted by molar-refractivity contribution is -0.385. The first-order valence-electron chi connectivity index (χ1n) is 8.04. The number of hydrogen-bond donors (Lipinski definition) is 0.